The SMILES string of the molecule is CC(C)C[C@H](NC(=O)C1OC1C(=O)NN1CCN(C)CC1)C(=O)N[C@@H](Cc1ccc(O)cc1)C(N)=O. The maximum atomic E-state index is 13.0. The van der Waals surface area contributed by atoms with Crippen molar-refractivity contribution in [3.05, 3.63) is 29.8 Å². The van der Waals surface area contributed by atoms with Crippen LogP contribution >= 0.6 is 0 Å². The largest absolute Gasteiger partial charge is 0.508 e. The van der Waals surface area contributed by atoms with Crippen LogP contribution < -0.4 is 21.8 Å². The highest BCUT2D eigenvalue weighted by Crippen LogP contribution is 2.23. The second-order valence-electron chi connectivity index (χ2n) is 9.77. The molecule has 0 radical (unpaired) electrons. The number of benzene rings is 1. The lowest BCUT2D eigenvalue weighted by Gasteiger charge is -2.32. The molecule has 1 aromatic carbocycles. The highest BCUT2D eigenvalue weighted by Gasteiger charge is 2.51. The van der Waals surface area contributed by atoms with Crippen LogP contribution in [0.2, 0.25) is 0 Å². The molecular weight excluding hydrogens is 468 g/mol. The summed E-state index contributed by atoms with van der Waals surface area (Å²) < 4.78 is 5.31. The number of phenolic OH excluding ortho intramolecular Hbond substituents is 1. The number of nitrogens with zero attached hydrogens (tertiary/aromatic N) is 2. The van der Waals surface area contributed by atoms with E-state index in [1.807, 2.05) is 20.9 Å². The van der Waals surface area contributed by atoms with Gasteiger partial charge in [-0.3, -0.25) is 24.6 Å². The number of nitrogens with two attached hydrogens (primary N) is 1. The summed E-state index contributed by atoms with van der Waals surface area (Å²) in [6.07, 6.45) is -1.46. The van der Waals surface area contributed by atoms with Crippen molar-refractivity contribution < 1.29 is 29.0 Å². The van der Waals surface area contributed by atoms with E-state index in [2.05, 4.69) is 21.0 Å². The zero-order valence-electron chi connectivity index (χ0n) is 20.9. The average molecular weight is 505 g/mol. The maximum absolute atomic E-state index is 13.0. The minimum absolute atomic E-state index is 0.0571. The van der Waals surface area contributed by atoms with Gasteiger partial charge < -0.3 is 31.1 Å². The number of piperazine rings is 1. The van der Waals surface area contributed by atoms with Crippen LogP contribution in [0.15, 0.2) is 24.3 Å². The molecule has 0 aromatic heterocycles. The molecule has 198 valence electrons. The topological polar surface area (TPSA) is 170 Å². The van der Waals surface area contributed by atoms with Crippen molar-refractivity contribution in [2.45, 2.75) is 51.0 Å². The van der Waals surface area contributed by atoms with Gasteiger partial charge in [-0.25, -0.2) is 5.01 Å². The number of aromatic hydroxyl groups is 1. The Bertz CT molecular complexity index is 947. The molecule has 2 heterocycles. The minimum atomic E-state index is -1.01. The van der Waals surface area contributed by atoms with Crippen molar-refractivity contribution in [3.8, 4) is 5.75 Å². The Hall–Kier alpha value is -3.22. The Morgan fingerprint density at radius 2 is 1.61 bits per heavy atom. The van der Waals surface area contributed by atoms with E-state index in [4.69, 9.17) is 10.5 Å². The molecule has 0 saturated carbocycles. The fraction of sp³-hybridized carbons (Fsp3) is 0.583. The molecule has 2 aliphatic rings. The van der Waals surface area contributed by atoms with E-state index in [9.17, 15) is 24.3 Å². The van der Waals surface area contributed by atoms with Gasteiger partial charge >= 0.3 is 0 Å². The molecule has 0 bridgehead atoms. The molecule has 6 N–H and O–H groups in total. The first-order valence-corrected chi connectivity index (χ1v) is 12.1. The molecule has 2 fully saturated rings. The number of hydrogen-bond donors (Lipinski definition) is 5. The molecule has 2 saturated heterocycles. The molecule has 12 nitrogen and oxygen atoms in total. The molecule has 12 heteroatoms. The highest BCUT2D eigenvalue weighted by atomic mass is 16.6. The molecule has 3 rings (SSSR count). The smallest absolute Gasteiger partial charge is 0.266 e. The van der Waals surface area contributed by atoms with E-state index < -0.39 is 47.9 Å². The Morgan fingerprint density at radius 3 is 2.19 bits per heavy atom. The van der Waals surface area contributed by atoms with Gasteiger partial charge in [0.05, 0.1) is 0 Å². The van der Waals surface area contributed by atoms with Crippen molar-refractivity contribution in [3.63, 3.8) is 0 Å². The summed E-state index contributed by atoms with van der Waals surface area (Å²) in [5, 5.41) is 16.5. The fourth-order valence-corrected chi connectivity index (χ4v) is 3.97. The van der Waals surface area contributed by atoms with Gasteiger partial charge in [-0.1, -0.05) is 26.0 Å². The zero-order chi connectivity index (χ0) is 26.4. The Balaban J connectivity index is 1.55. The van der Waals surface area contributed by atoms with E-state index in [0.717, 1.165) is 13.1 Å². The summed E-state index contributed by atoms with van der Waals surface area (Å²) in [4.78, 5) is 52.4. The third-order valence-corrected chi connectivity index (χ3v) is 6.16. The lowest BCUT2D eigenvalue weighted by Crippen LogP contribution is -2.55. The van der Waals surface area contributed by atoms with Crippen LogP contribution in [0.1, 0.15) is 25.8 Å². The Morgan fingerprint density at radius 1 is 1.00 bits per heavy atom. The first-order valence-electron chi connectivity index (χ1n) is 12.1. The highest BCUT2D eigenvalue weighted by molar-refractivity contribution is 5.97. The second-order valence-corrected chi connectivity index (χ2v) is 9.77. The third kappa shape index (κ3) is 7.90. The minimum Gasteiger partial charge on any atom is -0.508 e. The van der Waals surface area contributed by atoms with Gasteiger partial charge in [0.2, 0.25) is 11.8 Å². The third-order valence-electron chi connectivity index (χ3n) is 6.16. The second kappa shape index (κ2) is 12.2. The lowest BCUT2D eigenvalue weighted by molar-refractivity contribution is -0.132. The maximum Gasteiger partial charge on any atom is 0.266 e. The number of amides is 4. The number of carbonyl (C=O) groups excluding carboxylic acids is 4. The number of likely N-dealkylation sites (N-methyl/N-ethyl adjacent to an activating group) is 1. The molecular formula is C24H36N6O6. The average Bonchev–Trinajstić information content (AvgIpc) is 3.62. The van der Waals surface area contributed by atoms with Crippen LogP contribution in [0.3, 0.4) is 0 Å². The van der Waals surface area contributed by atoms with Crippen molar-refractivity contribution in [2.75, 3.05) is 33.2 Å². The van der Waals surface area contributed by atoms with Gasteiger partial charge in [-0.2, -0.15) is 0 Å². The number of carbonyl (C=O) groups is 4. The van der Waals surface area contributed by atoms with Crippen LogP contribution in [-0.4, -0.2) is 96.2 Å². The number of nitrogens with one attached hydrogen (secondary N) is 3. The van der Waals surface area contributed by atoms with E-state index in [1.165, 1.54) is 12.1 Å². The number of hydrogen-bond acceptors (Lipinski definition) is 8. The normalized spacial score (nSPS) is 21.9. The number of phenols is 1. The van der Waals surface area contributed by atoms with Crippen molar-refractivity contribution in [2.24, 2.45) is 11.7 Å². The number of primary amides is 1. The zero-order valence-corrected chi connectivity index (χ0v) is 20.9. The van der Waals surface area contributed by atoms with E-state index in [0.29, 0.717) is 25.1 Å². The number of ether oxygens (including phenoxy) is 1. The predicted octanol–water partition coefficient (Wildman–Crippen LogP) is -1.52. The predicted molar refractivity (Wildman–Crippen MR) is 130 cm³/mol. The molecule has 36 heavy (non-hydrogen) atoms. The van der Waals surface area contributed by atoms with Gasteiger partial charge in [-0.15, -0.1) is 0 Å². The standard InChI is InChI=1S/C24H36N6O6/c1-14(2)12-18(22(33)26-17(21(25)32)13-15-4-6-16(31)7-5-15)27-23(34)19-20(36-19)24(35)28-30-10-8-29(3)9-11-30/h4-7,14,17-20,31H,8-13H2,1-3H3,(H2,25,32)(H,26,33)(H,27,34)(H,28,35)/t17-,18-,19?,20?/m0/s1. The van der Waals surface area contributed by atoms with E-state index in [-0.39, 0.29) is 18.1 Å². The van der Waals surface area contributed by atoms with Crippen LogP contribution in [0.5, 0.6) is 5.75 Å². The van der Waals surface area contributed by atoms with Crippen LogP contribution in [0.4, 0.5) is 0 Å². The van der Waals surface area contributed by atoms with Crippen molar-refractivity contribution >= 4 is 23.6 Å². The van der Waals surface area contributed by atoms with Gasteiger partial charge in [0.1, 0.15) is 17.8 Å². The summed E-state index contributed by atoms with van der Waals surface area (Å²) in [6, 6.07) is 4.26. The molecule has 2 unspecified atom stereocenters. The summed E-state index contributed by atoms with van der Waals surface area (Å²) >= 11 is 0. The number of rotatable bonds is 11. The van der Waals surface area contributed by atoms with Crippen LogP contribution in [0, 0.1) is 5.92 Å². The quantitative estimate of drug-likeness (QED) is 0.226. The molecule has 1 aromatic rings. The van der Waals surface area contributed by atoms with Crippen molar-refractivity contribution in [1.29, 1.82) is 0 Å². The van der Waals surface area contributed by atoms with E-state index >= 15 is 0 Å². The first kappa shape index (κ1) is 27.4. The fourth-order valence-electron chi connectivity index (χ4n) is 3.97. The molecule has 2 aliphatic heterocycles. The van der Waals surface area contributed by atoms with Gasteiger partial charge in [0, 0.05) is 32.6 Å². The number of epoxide rings is 1. The Kier molecular flexibility index (Phi) is 9.24. The summed E-state index contributed by atoms with van der Waals surface area (Å²) in [5.74, 6) is -2.11. The van der Waals surface area contributed by atoms with Gasteiger partial charge in [-0.05, 0) is 37.1 Å². The summed E-state index contributed by atoms with van der Waals surface area (Å²) in [6.45, 7) is 6.78. The monoisotopic (exact) mass is 504 g/mol. The first-order chi connectivity index (χ1) is 17.0. The molecule has 4 amide bonds. The molecule has 0 aliphatic carbocycles. The summed E-state index contributed by atoms with van der Waals surface area (Å²) in [7, 11) is 2.01. The molecule has 4 atom stereocenters. The Labute approximate surface area is 210 Å². The lowest BCUT2D eigenvalue weighted by atomic mass is 10.0. The van der Waals surface area contributed by atoms with Gasteiger partial charge in [0.15, 0.2) is 12.2 Å². The van der Waals surface area contributed by atoms with Crippen molar-refractivity contribution in [1.82, 2.24) is 26.0 Å². The summed E-state index contributed by atoms with van der Waals surface area (Å²) in [5.41, 5.74) is 8.97. The number of hydrazine groups is 1. The van der Waals surface area contributed by atoms with Crippen LogP contribution in [0.25, 0.3) is 0 Å². The van der Waals surface area contributed by atoms with E-state index in [1.54, 1.807) is 17.1 Å². The van der Waals surface area contributed by atoms with Gasteiger partial charge in [0.25, 0.3) is 11.8 Å². The molecule has 0 spiro atoms. The van der Waals surface area contributed by atoms with Crippen LogP contribution in [-0.2, 0) is 30.3 Å².